The Morgan fingerprint density at radius 3 is 2.78 bits per heavy atom. The first-order chi connectivity index (χ1) is 11.0. The van der Waals surface area contributed by atoms with Crippen molar-refractivity contribution in [2.75, 3.05) is 11.9 Å². The summed E-state index contributed by atoms with van der Waals surface area (Å²) in [6, 6.07) is 10.7. The molecule has 0 heterocycles. The Hall–Kier alpha value is -1.72. The Morgan fingerprint density at radius 2 is 2.09 bits per heavy atom. The Labute approximate surface area is 148 Å². The molecule has 0 aliphatic heterocycles. The number of carboxylic acids is 1. The van der Waals surface area contributed by atoms with E-state index in [1.165, 1.54) is 6.07 Å². The molecule has 122 valence electrons. The van der Waals surface area contributed by atoms with Crippen molar-refractivity contribution in [2.45, 2.75) is 19.9 Å². The molecule has 6 heteroatoms. The lowest BCUT2D eigenvalue weighted by atomic mass is 10.1. The zero-order chi connectivity index (χ0) is 16.8. The summed E-state index contributed by atoms with van der Waals surface area (Å²) in [6.45, 7) is 3.22. The molecule has 23 heavy (non-hydrogen) atoms. The first-order valence-electron chi connectivity index (χ1n) is 7.19. The van der Waals surface area contributed by atoms with Gasteiger partial charge >= 0.3 is 5.97 Å². The molecule has 4 nitrogen and oxygen atoms in total. The molecule has 0 aliphatic carbocycles. The Morgan fingerprint density at radius 1 is 1.30 bits per heavy atom. The van der Waals surface area contributed by atoms with E-state index in [4.69, 9.17) is 21.4 Å². The number of nitrogens with one attached hydrogen (secondary N) is 1. The summed E-state index contributed by atoms with van der Waals surface area (Å²) in [5.41, 5.74) is 1.75. The van der Waals surface area contributed by atoms with Crippen LogP contribution in [0.25, 0.3) is 0 Å². The quantitative estimate of drug-likeness (QED) is 0.673. The molecule has 2 N–H and O–H groups in total. The highest BCUT2D eigenvalue weighted by molar-refractivity contribution is 9.10. The van der Waals surface area contributed by atoms with Crippen molar-refractivity contribution in [3.8, 4) is 5.75 Å². The van der Waals surface area contributed by atoms with Gasteiger partial charge in [0.15, 0.2) is 0 Å². The van der Waals surface area contributed by atoms with Crippen LogP contribution in [0.5, 0.6) is 5.75 Å². The average Bonchev–Trinajstić information content (AvgIpc) is 2.53. The fourth-order valence-corrected chi connectivity index (χ4v) is 2.64. The average molecular weight is 399 g/mol. The molecule has 0 atom stereocenters. The number of anilines is 1. The van der Waals surface area contributed by atoms with E-state index in [0.717, 1.165) is 22.2 Å². The second-order valence-electron chi connectivity index (χ2n) is 4.95. The van der Waals surface area contributed by atoms with Crippen molar-refractivity contribution in [1.82, 2.24) is 0 Å². The van der Waals surface area contributed by atoms with E-state index in [0.29, 0.717) is 18.8 Å². The van der Waals surface area contributed by atoms with E-state index in [9.17, 15) is 4.79 Å². The van der Waals surface area contributed by atoms with Crippen LogP contribution in [0.2, 0.25) is 5.02 Å². The largest absolute Gasteiger partial charge is 0.493 e. The summed E-state index contributed by atoms with van der Waals surface area (Å²) >= 11 is 9.33. The van der Waals surface area contributed by atoms with E-state index < -0.39 is 5.97 Å². The van der Waals surface area contributed by atoms with Crippen molar-refractivity contribution in [2.24, 2.45) is 0 Å². The third kappa shape index (κ3) is 4.88. The highest BCUT2D eigenvalue weighted by Crippen LogP contribution is 2.26. The molecule has 0 unspecified atom stereocenters. The third-order valence-electron chi connectivity index (χ3n) is 3.16. The zero-order valence-electron chi connectivity index (χ0n) is 12.6. The van der Waals surface area contributed by atoms with Gasteiger partial charge in [-0.15, -0.1) is 0 Å². The summed E-state index contributed by atoms with van der Waals surface area (Å²) in [7, 11) is 0. The smallest absolute Gasteiger partial charge is 0.337 e. The molecule has 0 saturated heterocycles. The van der Waals surface area contributed by atoms with Crippen LogP contribution in [0.1, 0.15) is 29.3 Å². The van der Waals surface area contributed by atoms with Crippen molar-refractivity contribution in [3.05, 3.63) is 57.0 Å². The number of carbonyl (C=O) groups is 1. The summed E-state index contributed by atoms with van der Waals surface area (Å²) in [4.78, 5) is 11.1. The Kier molecular flexibility index (Phi) is 6.30. The fourth-order valence-electron chi connectivity index (χ4n) is 2.04. The molecule has 0 saturated carbocycles. The molecule has 2 aromatic carbocycles. The van der Waals surface area contributed by atoms with E-state index in [-0.39, 0.29) is 10.6 Å². The number of hydrogen-bond donors (Lipinski definition) is 2. The number of aromatic carboxylic acids is 1. The maximum absolute atomic E-state index is 11.1. The maximum atomic E-state index is 11.1. The molecule has 0 aromatic heterocycles. The van der Waals surface area contributed by atoms with Gasteiger partial charge in [-0.05, 0) is 42.8 Å². The van der Waals surface area contributed by atoms with Crippen LogP contribution in [0.15, 0.2) is 40.9 Å². The predicted molar refractivity (Wildman–Crippen MR) is 95.7 cm³/mol. The van der Waals surface area contributed by atoms with Crippen LogP contribution in [0.3, 0.4) is 0 Å². The molecule has 0 aliphatic rings. The first kappa shape index (κ1) is 17.6. The zero-order valence-corrected chi connectivity index (χ0v) is 14.9. The number of carboxylic acid groups (broad SMARTS) is 1. The van der Waals surface area contributed by atoms with E-state index in [1.807, 2.05) is 18.2 Å². The molecule has 0 bridgehead atoms. The molecule has 0 radical (unpaired) electrons. The van der Waals surface area contributed by atoms with E-state index >= 15 is 0 Å². The lowest BCUT2D eigenvalue weighted by Crippen LogP contribution is -2.05. The minimum absolute atomic E-state index is 0.0772. The van der Waals surface area contributed by atoms with Gasteiger partial charge in [-0.1, -0.05) is 34.5 Å². The molecular formula is C17H17BrClNO3. The highest BCUT2D eigenvalue weighted by Gasteiger charge is 2.10. The number of rotatable bonds is 7. The van der Waals surface area contributed by atoms with Crippen LogP contribution in [-0.4, -0.2) is 17.7 Å². The normalized spacial score (nSPS) is 10.4. The van der Waals surface area contributed by atoms with Crippen LogP contribution in [0.4, 0.5) is 5.69 Å². The van der Waals surface area contributed by atoms with Gasteiger partial charge in [0.25, 0.3) is 0 Å². The number of ether oxygens (including phenoxy) is 1. The van der Waals surface area contributed by atoms with Gasteiger partial charge in [0.2, 0.25) is 0 Å². The second kappa shape index (κ2) is 8.22. The van der Waals surface area contributed by atoms with Gasteiger partial charge in [0.1, 0.15) is 5.75 Å². The highest BCUT2D eigenvalue weighted by atomic mass is 79.9. The molecular weight excluding hydrogens is 382 g/mol. The topological polar surface area (TPSA) is 58.6 Å². The lowest BCUT2D eigenvalue weighted by molar-refractivity contribution is 0.0697. The predicted octanol–water partition coefficient (Wildman–Crippen LogP) is 5.20. The van der Waals surface area contributed by atoms with Crippen molar-refractivity contribution >= 4 is 39.2 Å². The van der Waals surface area contributed by atoms with E-state index in [2.05, 4.69) is 28.2 Å². The fraction of sp³-hybridized carbons (Fsp3) is 0.235. The van der Waals surface area contributed by atoms with Gasteiger partial charge in [-0.2, -0.15) is 0 Å². The molecule has 0 spiro atoms. The van der Waals surface area contributed by atoms with Gasteiger partial charge in [-0.25, -0.2) is 4.79 Å². The molecule has 2 aromatic rings. The number of halogens is 2. The van der Waals surface area contributed by atoms with Crippen LogP contribution >= 0.6 is 27.5 Å². The standard InChI is InChI=1S/C17H17BrClNO3/c1-2-7-23-16-6-3-12(18)8-11(16)10-20-13-4-5-15(19)14(9-13)17(21)22/h3-6,8-9,20H,2,7,10H2,1H3,(H,21,22). The minimum Gasteiger partial charge on any atom is -0.493 e. The monoisotopic (exact) mass is 397 g/mol. The third-order valence-corrected chi connectivity index (χ3v) is 3.99. The Bertz CT molecular complexity index is 706. The van der Waals surface area contributed by atoms with Gasteiger partial charge in [0, 0.05) is 22.3 Å². The van der Waals surface area contributed by atoms with Crippen molar-refractivity contribution in [3.63, 3.8) is 0 Å². The van der Waals surface area contributed by atoms with Crippen molar-refractivity contribution in [1.29, 1.82) is 0 Å². The lowest BCUT2D eigenvalue weighted by Gasteiger charge is -2.13. The van der Waals surface area contributed by atoms with Gasteiger partial charge < -0.3 is 15.2 Å². The molecule has 2 rings (SSSR count). The molecule has 0 fully saturated rings. The van der Waals surface area contributed by atoms with Gasteiger partial charge in [-0.3, -0.25) is 0 Å². The van der Waals surface area contributed by atoms with Crippen LogP contribution in [0, 0.1) is 0 Å². The molecule has 0 amide bonds. The first-order valence-corrected chi connectivity index (χ1v) is 8.36. The van der Waals surface area contributed by atoms with Crippen molar-refractivity contribution < 1.29 is 14.6 Å². The summed E-state index contributed by atoms with van der Waals surface area (Å²) in [6.07, 6.45) is 0.933. The summed E-state index contributed by atoms with van der Waals surface area (Å²) < 4.78 is 6.69. The number of hydrogen-bond acceptors (Lipinski definition) is 3. The minimum atomic E-state index is -1.05. The number of benzene rings is 2. The summed E-state index contributed by atoms with van der Waals surface area (Å²) in [5.74, 6) is -0.233. The Balaban J connectivity index is 2.15. The maximum Gasteiger partial charge on any atom is 0.337 e. The SMILES string of the molecule is CCCOc1ccc(Br)cc1CNc1ccc(Cl)c(C(=O)O)c1. The van der Waals surface area contributed by atoms with Crippen LogP contribution in [-0.2, 0) is 6.54 Å². The van der Waals surface area contributed by atoms with Crippen LogP contribution < -0.4 is 10.1 Å². The second-order valence-corrected chi connectivity index (χ2v) is 6.28. The summed E-state index contributed by atoms with van der Waals surface area (Å²) in [5, 5.41) is 12.5. The van der Waals surface area contributed by atoms with E-state index in [1.54, 1.807) is 12.1 Å². The van der Waals surface area contributed by atoms with Gasteiger partial charge in [0.05, 0.1) is 17.2 Å².